The van der Waals surface area contributed by atoms with E-state index in [0.29, 0.717) is 5.02 Å². The van der Waals surface area contributed by atoms with E-state index in [1.54, 1.807) is 4.90 Å². The predicted molar refractivity (Wildman–Crippen MR) is 116 cm³/mol. The summed E-state index contributed by atoms with van der Waals surface area (Å²) in [5.41, 5.74) is 3.86. The lowest BCUT2D eigenvalue weighted by atomic mass is 9.91. The lowest BCUT2D eigenvalue weighted by Gasteiger charge is -2.37. The number of para-hydroxylation sites is 1. The number of rotatable bonds is 3. The number of nitrogens with zero attached hydrogens (tertiary/aromatic N) is 1. The van der Waals surface area contributed by atoms with E-state index in [-0.39, 0.29) is 18.7 Å². The molecule has 1 aliphatic heterocycles. The smallest absolute Gasteiger partial charge is 0.415 e. The topological polar surface area (TPSA) is 29.5 Å². The quantitative estimate of drug-likeness (QED) is 0.427. The Morgan fingerprint density at radius 1 is 1.04 bits per heavy atom. The van der Waals surface area contributed by atoms with Gasteiger partial charge in [-0.1, -0.05) is 72.3 Å². The molecular weight excluding hydrogens is 438 g/mol. The maximum atomic E-state index is 13.2. The molecule has 1 aliphatic rings. The van der Waals surface area contributed by atoms with E-state index in [4.69, 9.17) is 16.3 Å². The number of anilines is 1. The SMILES string of the molecule is O=C(OCc1ccccc1)N1c2c(Br)cccc2CCC1c1ccccc1Cl. The fraction of sp³-hybridized carbons (Fsp3) is 0.174. The molecule has 1 unspecified atom stereocenters. The zero-order chi connectivity index (χ0) is 19.5. The van der Waals surface area contributed by atoms with Crippen molar-refractivity contribution in [2.75, 3.05) is 4.90 Å². The number of benzene rings is 3. The van der Waals surface area contributed by atoms with Crippen LogP contribution in [0.2, 0.25) is 5.02 Å². The lowest BCUT2D eigenvalue weighted by Crippen LogP contribution is -2.39. The van der Waals surface area contributed by atoms with Crippen LogP contribution in [0.15, 0.2) is 77.3 Å². The highest BCUT2D eigenvalue weighted by Gasteiger charge is 2.35. The molecule has 3 aromatic rings. The van der Waals surface area contributed by atoms with Gasteiger partial charge in [0.2, 0.25) is 0 Å². The van der Waals surface area contributed by atoms with Crippen molar-refractivity contribution < 1.29 is 9.53 Å². The van der Waals surface area contributed by atoms with E-state index < -0.39 is 0 Å². The summed E-state index contributed by atoms with van der Waals surface area (Å²) in [6, 6.07) is 23.2. The van der Waals surface area contributed by atoms with Gasteiger partial charge in [-0.3, -0.25) is 4.90 Å². The highest BCUT2D eigenvalue weighted by atomic mass is 79.9. The Labute approximate surface area is 178 Å². The first-order valence-corrected chi connectivity index (χ1v) is 10.3. The summed E-state index contributed by atoms with van der Waals surface area (Å²) in [5, 5.41) is 0.656. The van der Waals surface area contributed by atoms with Gasteiger partial charge in [-0.2, -0.15) is 0 Å². The summed E-state index contributed by atoms with van der Waals surface area (Å²) in [6.07, 6.45) is 1.28. The van der Waals surface area contributed by atoms with Crippen molar-refractivity contribution in [2.45, 2.75) is 25.5 Å². The van der Waals surface area contributed by atoms with E-state index in [0.717, 1.165) is 39.7 Å². The van der Waals surface area contributed by atoms with Crippen LogP contribution in [0, 0.1) is 0 Å². The van der Waals surface area contributed by atoms with Gasteiger partial charge in [0.15, 0.2) is 0 Å². The Morgan fingerprint density at radius 3 is 2.57 bits per heavy atom. The number of halogens is 2. The van der Waals surface area contributed by atoms with Crippen LogP contribution in [0.4, 0.5) is 10.5 Å². The second-order valence-corrected chi connectivity index (χ2v) is 8.00. The van der Waals surface area contributed by atoms with Crippen LogP contribution in [-0.2, 0) is 17.8 Å². The third kappa shape index (κ3) is 3.80. The molecule has 0 aliphatic carbocycles. The zero-order valence-corrected chi connectivity index (χ0v) is 17.5. The van der Waals surface area contributed by atoms with E-state index in [9.17, 15) is 4.79 Å². The molecule has 1 atom stereocenters. The third-order valence-electron chi connectivity index (χ3n) is 4.98. The number of ether oxygens (including phenoxy) is 1. The molecule has 3 aromatic carbocycles. The molecule has 3 nitrogen and oxygen atoms in total. The van der Waals surface area contributed by atoms with Crippen LogP contribution in [0.25, 0.3) is 0 Å². The fourth-order valence-electron chi connectivity index (χ4n) is 3.66. The first-order chi connectivity index (χ1) is 13.6. The molecule has 0 saturated heterocycles. The molecule has 0 bridgehead atoms. The summed E-state index contributed by atoms with van der Waals surface area (Å²) >= 11 is 10.1. The summed E-state index contributed by atoms with van der Waals surface area (Å²) in [6.45, 7) is 0.227. The van der Waals surface area contributed by atoms with Crippen molar-refractivity contribution >= 4 is 39.3 Å². The van der Waals surface area contributed by atoms with Crippen molar-refractivity contribution in [2.24, 2.45) is 0 Å². The third-order valence-corrected chi connectivity index (χ3v) is 5.96. The number of amides is 1. The first-order valence-electron chi connectivity index (χ1n) is 9.17. The average molecular weight is 457 g/mol. The molecule has 1 heterocycles. The van der Waals surface area contributed by atoms with Gasteiger partial charge in [0, 0.05) is 9.50 Å². The molecule has 0 aromatic heterocycles. The highest BCUT2D eigenvalue weighted by molar-refractivity contribution is 9.10. The van der Waals surface area contributed by atoms with Crippen LogP contribution in [-0.4, -0.2) is 6.09 Å². The Balaban J connectivity index is 1.70. The summed E-state index contributed by atoms with van der Waals surface area (Å²) in [5.74, 6) is 0. The molecule has 0 fully saturated rings. The van der Waals surface area contributed by atoms with Crippen LogP contribution < -0.4 is 4.90 Å². The molecule has 0 spiro atoms. The number of fused-ring (bicyclic) bond motifs is 1. The van der Waals surface area contributed by atoms with Gasteiger partial charge < -0.3 is 4.74 Å². The van der Waals surface area contributed by atoms with E-state index in [2.05, 4.69) is 22.0 Å². The minimum atomic E-state index is -0.373. The minimum Gasteiger partial charge on any atom is -0.444 e. The van der Waals surface area contributed by atoms with Crippen molar-refractivity contribution in [3.63, 3.8) is 0 Å². The second-order valence-electron chi connectivity index (χ2n) is 6.73. The first kappa shape index (κ1) is 19.0. The van der Waals surface area contributed by atoms with E-state index >= 15 is 0 Å². The van der Waals surface area contributed by atoms with Gasteiger partial charge in [0.05, 0.1) is 11.7 Å². The lowest BCUT2D eigenvalue weighted by molar-refractivity contribution is 0.143. The predicted octanol–water partition coefficient (Wildman–Crippen LogP) is 6.93. The molecule has 5 heteroatoms. The largest absolute Gasteiger partial charge is 0.444 e. The van der Waals surface area contributed by atoms with Crippen LogP contribution in [0.5, 0.6) is 0 Å². The molecule has 28 heavy (non-hydrogen) atoms. The van der Waals surface area contributed by atoms with E-state index in [1.807, 2.05) is 66.7 Å². The monoisotopic (exact) mass is 455 g/mol. The Morgan fingerprint density at radius 2 is 1.79 bits per heavy atom. The van der Waals surface area contributed by atoms with Gasteiger partial charge in [-0.15, -0.1) is 0 Å². The van der Waals surface area contributed by atoms with Gasteiger partial charge in [0.25, 0.3) is 0 Å². The number of carbonyl (C=O) groups is 1. The normalized spacial score (nSPS) is 15.8. The minimum absolute atomic E-state index is 0.178. The summed E-state index contributed by atoms with van der Waals surface area (Å²) in [7, 11) is 0. The molecule has 0 saturated carbocycles. The summed E-state index contributed by atoms with van der Waals surface area (Å²) in [4.78, 5) is 15.0. The highest BCUT2D eigenvalue weighted by Crippen LogP contribution is 2.44. The summed E-state index contributed by atoms with van der Waals surface area (Å²) < 4.78 is 6.57. The van der Waals surface area contributed by atoms with Gasteiger partial charge in [-0.05, 0) is 57.6 Å². The van der Waals surface area contributed by atoms with E-state index in [1.165, 1.54) is 0 Å². The number of aryl methyl sites for hydroxylation is 1. The zero-order valence-electron chi connectivity index (χ0n) is 15.1. The number of hydrogen-bond donors (Lipinski definition) is 0. The molecular formula is C23H19BrClNO2. The number of hydrogen-bond acceptors (Lipinski definition) is 2. The van der Waals surface area contributed by atoms with Crippen LogP contribution in [0.3, 0.4) is 0 Å². The second kappa shape index (κ2) is 8.38. The van der Waals surface area contributed by atoms with Crippen LogP contribution >= 0.6 is 27.5 Å². The molecule has 142 valence electrons. The van der Waals surface area contributed by atoms with Gasteiger partial charge in [0.1, 0.15) is 6.61 Å². The maximum absolute atomic E-state index is 13.2. The Bertz CT molecular complexity index is 993. The van der Waals surface area contributed by atoms with Crippen molar-refractivity contribution in [3.8, 4) is 0 Å². The van der Waals surface area contributed by atoms with Gasteiger partial charge >= 0.3 is 6.09 Å². The Hall–Kier alpha value is -2.30. The molecule has 4 rings (SSSR count). The Kier molecular flexibility index (Phi) is 5.69. The molecule has 0 radical (unpaired) electrons. The van der Waals surface area contributed by atoms with Crippen molar-refractivity contribution in [1.29, 1.82) is 0 Å². The van der Waals surface area contributed by atoms with Crippen LogP contribution in [0.1, 0.15) is 29.2 Å². The fourth-order valence-corrected chi connectivity index (χ4v) is 4.52. The average Bonchev–Trinajstić information content (AvgIpc) is 2.73. The molecule has 0 N–H and O–H groups in total. The molecule has 1 amide bonds. The number of carbonyl (C=O) groups excluding carboxylic acids is 1. The maximum Gasteiger partial charge on any atom is 0.415 e. The standard InChI is InChI=1S/C23H19BrClNO2/c24-19-11-6-9-17-13-14-21(18-10-4-5-12-20(18)25)26(22(17)19)23(27)28-15-16-7-2-1-3-8-16/h1-12,21H,13-15H2. The van der Waals surface area contributed by atoms with Crippen molar-refractivity contribution in [1.82, 2.24) is 0 Å². The van der Waals surface area contributed by atoms with Crippen molar-refractivity contribution in [3.05, 3.63) is 99.0 Å². The van der Waals surface area contributed by atoms with Gasteiger partial charge in [-0.25, -0.2) is 4.79 Å².